The van der Waals surface area contributed by atoms with Crippen molar-refractivity contribution in [2.45, 2.75) is 18.8 Å². The minimum Gasteiger partial charge on any atom is -0.294 e. The van der Waals surface area contributed by atoms with Crippen molar-refractivity contribution >= 4 is 16.6 Å². The van der Waals surface area contributed by atoms with Crippen molar-refractivity contribution in [3.63, 3.8) is 0 Å². The lowest BCUT2D eigenvalue weighted by Gasteiger charge is -2.28. The van der Waals surface area contributed by atoms with E-state index in [0.717, 1.165) is 12.8 Å². The summed E-state index contributed by atoms with van der Waals surface area (Å²) in [4.78, 5) is 12.1. The maximum atomic E-state index is 12.1. The monoisotopic (exact) mass is 234 g/mol. The molecule has 2 aromatic rings. The number of ketones is 1. The van der Waals surface area contributed by atoms with Crippen molar-refractivity contribution in [1.82, 2.24) is 0 Å². The van der Waals surface area contributed by atoms with Gasteiger partial charge < -0.3 is 0 Å². The molecule has 0 saturated heterocycles. The van der Waals surface area contributed by atoms with Crippen molar-refractivity contribution in [2.75, 3.05) is 0 Å². The van der Waals surface area contributed by atoms with Gasteiger partial charge in [0.25, 0.3) is 0 Å². The second-order valence-electron chi connectivity index (χ2n) is 5.30. The van der Waals surface area contributed by atoms with Gasteiger partial charge in [0, 0.05) is 0 Å². The van der Waals surface area contributed by atoms with Crippen LogP contribution in [-0.2, 0) is 11.2 Å². The Balaban J connectivity index is 2.05. The van der Waals surface area contributed by atoms with Crippen LogP contribution < -0.4 is 0 Å². The summed E-state index contributed by atoms with van der Waals surface area (Å²) >= 11 is 0. The van der Waals surface area contributed by atoms with Gasteiger partial charge in [-0.1, -0.05) is 42.5 Å². The van der Waals surface area contributed by atoms with Crippen LogP contribution in [0.4, 0.5) is 0 Å². The van der Waals surface area contributed by atoms with Gasteiger partial charge in [0.1, 0.15) is 0 Å². The third kappa shape index (κ3) is 1.25. The van der Waals surface area contributed by atoms with E-state index in [1.807, 2.05) is 0 Å². The van der Waals surface area contributed by atoms with Gasteiger partial charge >= 0.3 is 0 Å². The van der Waals surface area contributed by atoms with Gasteiger partial charge in [-0.3, -0.25) is 4.79 Å². The molecule has 2 aliphatic carbocycles. The van der Waals surface area contributed by atoms with Gasteiger partial charge in [0.05, 0.1) is 5.92 Å². The maximum absolute atomic E-state index is 12.1. The highest BCUT2D eigenvalue weighted by Crippen LogP contribution is 2.44. The molecule has 0 radical (unpaired) electrons. The van der Waals surface area contributed by atoms with Gasteiger partial charge in [-0.2, -0.15) is 0 Å². The summed E-state index contributed by atoms with van der Waals surface area (Å²) in [6.07, 6.45) is 6.10. The average Bonchev–Trinajstić information content (AvgIpc) is 2.80. The molecule has 2 atom stereocenters. The molecule has 0 spiro atoms. The van der Waals surface area contributed by atoms with E-state index < -0.39 is 0 Å². The van der Waals surface area contributed by atoms with Crippen LogP contribution in [-0.4, -0.2) is 5.78 Å². The Morgan fingerprint density at radius 1 is 1.06 bits per heavy atom. The Hall–Kier alpha value is -1.89. The minimum atomic E-state index is 0.0832. The van der Waals surface area contributed by atoms with Crippen molar-refractivity contribution in [2.24, 2.45) is 5.92 Å². The third-order valence-electron chi connectivity index (χ3n) is 4.36. The summed E-state index contributed by atoms with van der Waals surface area (Å²) in [5, 5.41) is 2.51. The largest absolute Gasteiger partial charge is 0.294 e. The van der Waals surface area contributed by atoms with Crippen LogP contribution in [0.15, 0.2) is 48.6 Å². The molecule has 0 bridgehead atoms. The number of rotatable bonds is 0. The van der Waals surface area contributed by atoms with Gasteiger partial charge in [-0.15, -0.1) is 0 Å². The third-order valence-corrected chi connectivity index (χ3v) is 4.36. The predicted molar refractivity (Wildman–Crippen MR) is 72.6 cm³/mol. The molecular formula is C17H14O. The molecule has 0 amide bonds. The van der Waals surface area contributed by atoms with Gasteiger partial charge in [0.2, 0.25) is 0 Å². The molecule has 88 valence electrons. The lowest BCUT2D eigenvalue weighted by atomic mass is 9.74. The number of hydrogen-bond donors (Lipinski definition) is 0. The van der Waals surface area contributed by atoms with Crippen molar-refractivity contribution < 1.29 is 4.79 Å². The van der Waals surface area contributed by atoms with E-state index in [1.54, 1.807) is 6.08 Å². The van der Waals surface area contributed by atoms with Crippen molar-refractivity contribution in [3.8, 4) is 0 Å². The molecular weight excluding hydrogens is 220 g/mol. The zero-order chi connectivity index (χ0) is 12.1. The summed E-state index contributed by atoms with van der Waals surface area (Å²) in [5.74, 6) is 0.799. The van der Waals surface area contributed by atoms with Crippen LogP contribution >= 0.6 is 0 Å². The predicted octanol–water partition coefficient (Wildman–Crippen LogP) is 3.62. The van der Waals surface area contributed by atoms with Crippen molar-refractivity contribution in [1.29, 1.82) is 0 Å². The number of carbonyl (C=O) groups is 1. The number of allylic oxidation sites excluding steroid dienone is 2. The van der Waals surface area contributed by atoms with Gasteiger partial charge in [0.15, 0.2) is 5.78 Å². The molecule has 0 fully saturated rings. The van der Waals surface area contributed by atoms with Crippen LogP contribution in [0.2, 0.25) is 0 Å². The first-order chi connectivity index (χ1) is 8.84. The van der Waals surface area contributed by atoms with E-state index in [4.69, 9.17) is 0 Å². The fourth-order valence-corrected chi connectivity index (χ4v) is 3.51. The molecule has 1 heteroatoms. The zero-order valence-corrected chi connectivity index (χ0v) is 10.1. The topological polar surface area (TPSA) is 17.1 Å². The molecule has 0 aliphatic heterocycles. The summed E-state index contributed by atoms with van der Waals surface area (Å²) in [6, 6.07) is 12.8. The summed E-state index contributed by atoms with van der Waals surface area (Å²) in [5.41, 5.74) is 2.66. The van der Waals surface area contributed by atoms with E-state index in [-0.39, 0.29) is 11.7 Å². The average molecular weight is 234 g/mol. The van der Waals surface area contributed by atoms with E-state index in [0.29, 0.717) is 5.92 Å². The highest BCUT2D eigenvalue weighted by Gasteiger charge is 2.36. The Labute approximate surface area is 106 Å². The van der Waals surface area contributed by atoms with E-state index >= 15 is 0 Å². The van der Waals surface area contributed by atoms with E-state index in [1.165, 1.54) is 21.9 Å². The Morgan fingerprint density at radius 3 is 2.89 bits per heavy atom. The molecule has 2 unspecified atom stereocenters. The molecule has 4 rings (SSSR count). The molecule has 1 nitrogen and oxygen atoms in total. The minimum absolute atomic E-state index is 0.0832. The fourth-order valence-electron chi connectivity index (χ4n) is 3.51. The first-order valence-electron chi connectivity index (χ1n) is 6.57. The lowest BCUT2D eigenvalue weighted by Crippen LogP contribution is -2.21. The molecule has 0 saturated carbocycles. The number of carbonyl (C=O) groups excluding carboxylic acids is 1. The van der Waals surface area contributed by atoms with Crippen molar-refractivity contribution in [3.05, 3.63) is 59.7 Å². The highest BCUT2D eigenvalue weighted by atomic mass is 16.1. The molecule has 2 aromatic carbocycles. The van der Waals surface area contributed by atoms with Gasteiger partial charge in [-0.25, -0.2) is 0 Å². The zero-order valence-electron chi connectivity index (χ0n) is 10.1. The second-order valence-corrected chi connectivity index (χ2v) is 5.30. The molecule has 2 aliphatic rings. The van der Waals surface area contributed by atoms with E-state index in [2.05, 4.69) is 42.5 Å². The van der Waals surface area contributed by atoms with Crippen LogP contribution in [0.3, 0.4) is 0 Å². The van der Waals surface area contributed by atoms with Gasteiger partial charge in [-0.05, 0) is 46.7 Å². The van der Waals surface area contributed by atoms with Crippen LogP contribution in [0.1, 0.15) is 23.5 Å². The summed E-state index contributed by atoms with van der Waals surface area (Å²) in [7, 11) is 0. The summed E-state index contributed by atoms with van der Waals surface area (Å²) < 4.78 is 0. The smallest absolute Gasteiger partial charge is 0.163 e. The molecule has 18 heavy (non-hydrogen) atoms. The quantitative estimate of drug-likeness (QED) is 0.680. The molecule has 0 aromatic heterocycles. The Bertz CT molecular complexity index is 681. The SMILES string of the molecule is O=C1C=CC2CCc3ccc4ccccc4c3C12. The molecule has 0 N–H and O–H groups in total. The van der Waals surface area contributed by atoms with Crippen LogP contribution in [0.25, 0.3) is 10.8 Å². The van der Waals surface area contributed by atoms with Crippen LogP contribution in [0.5, 0.6) is 0 Å². The maximum Gasteiger partial charge on any atom is 0.163 e. The first kappa shape index (κ1) is 10.1. The number of benzene rings is 2. The number of hydrogen-bond acceptors (Lipinski definition) is 1. The lowest BCUT2D eigenvalue weighted by molar-refractivity contribution is -0.116. The Kier molecular flexibility index (Phi) is 1.99. The highest BCUT2D eigenvalue weighted by molar-refractivity contribution is 6.02. The molecule has 0 heterocycles. The standard InChI is InChI=1S/C17H14O/c18-15-10-9-13-8-7-12-6-5-11-3-1-2-4-14(11)16(12)17(13)15/h1-6,9-10,13,17H,7-8H2. The van der Waals surface area contributed by atoms with E-state index in [9.17, 15) is 4.79 Å². The Morgan fingerprint density at radius 2 is 1.94 bits per heavy atom. The normalized spacial score (nSPS) is 25.2. The number of aryl methyl sites for hydroxylation is 1. The fraction of sp³-hybridized carbons (Fsp3) is 0.235. The number of fused-ring (bicyclic) bond motifs is 5. The first-order valence-corrected chi connectivity index (χ1v) is 6.57. The van der Waals surface area contributed by atoms with Crippen LogP contribution in [0, 0.1) is 5.92 Å². The summed E-state index contributed by atoms with van der Waals surface area (Å²) in [6.45, 7) is 0. The second kappa shape index (κ2) is 3.55.